The first-order chi connectivity index (χ1) is 8.20. The molecular weight excluding hydrogens is 234 g/mol. The lowest BCUT2D eigenvalue weighted by Gasteiger charge is -2.22. The van der Waals surface area contributed by atoms with E-state index in [0.29, 0.717) is 17.5 Å². The molecule has 0 aromatic heterocycles. The maximum atomic E-state index is 14.4. The van der Waals surface area contributed by atoms with Crippen molar-refractivity contribution in [3.63, 3.8) is 0 Å². The average molecular weight is 252 g/mol. The van der Waals surface area contributed by atoms with Crippen molar-refractivity contribution in [1.82, 2.24) is 0 Å². The molecule has 1 aromatic carbocycles. The summed E-state index contributed by atoms with van der Waals surface area (Å²) < 4.78 is 33.8. The summed E-state index contributed by atoms with van der Waals surface area (Å²) >= 11 is 0. The molecule has 1 aromatic rings. The predicted octanol–water partition coefficient (Wildman–Crippen LogP) is 4.49. The van der Waals surface area contributed by atoms with E-state index in [9.17, 15) is 8.78 Å². The normalized spacial score (nSPS) is 15.1. The molecule has 0 unspecified atom stereocenters. The first-order valence-electron chi connectivity index (χ1n) is 6.07. The highest BCUT2D eigenvalue weighted by Crippen LogP contribution is 2.40. The van der Waals surface area contributed by atoms with Gasteiger partial charge in [-0.2, -0.15) is 0 Å². The van der Waals surface area contributed by atoms with E-state index in [0.717, 1.165) is 17.2 Å². The molecule has 1 aliphatic carbocycles. The van der Waals surface area contributed by atoms with E-state index < -0.39 is 11.4 Å². The first kappa shape index (κ1) is 13.1. The molecule has 2 rings (SSSR count). The lowest BCUT2D eigenvalue weighted by atomic mass is 10.0. The number of fused-ring (bicyclic) bond motifs is 1. The number of allylic oxidation sites excluding steroid dienone is 2. The van der Waals surface area contributed by atoms with E-state index in [-0.39, 0.29) is 11.6 Å². The van der Waals surface area contributed by atoms with E-state index >= 15 is 0 Å². The molecule has 1 nitrogen and oxygen atoms in total. The molecule has 98 valence electrons. The minimum Gasteiger partial charge on any atom is -0.485 e. The Kier molecular flexibility index (Phi) is 2.96. The van der Waals surface area contributed by atoms with Gasteiger partial charge in [-0.1, -0.05) is 5.57 Å². The topological polar surface area (TPSA) is 9.23 Å². The minimum absolute atomic E-state index is 0.00667. The van der Waals surface area contributed by atoms with Gasteiger partial charge in [-0.15, -0.1) is 0 Å². The fraction of sp³-hybridized carbons (Fsp3) is 0.467. The molecule has 0 saturated carbocycles. The maximum absolute atomic E-state index is 14.4. The molecular formula is C15H18F2O. The maximum Gasteiger partial charge on any atom is 0.173 e. The summed E-state index contributed by atoms with van der Waals surface area (Å²) in [5.74, 6) is -0.842. The number of benzene rings is 1. The first-order valence-corrected chi connectivity index (χ1v) is 6.07. The van der Waals surface area contributed by atoms with Crippen molar-refractivity contribution in [3.8, 4) is 5.75 Å². The summed E-state index contributed by atoms with van der Waals surface area (Å²) in [4.78, 5) is 0. The summed E-state index contributed by atoms with van der Waals surface area (Å²) in [5, 5.41) is 0. The Hall–Kier alpha value is -1.38. The van der Waals surface area contributed by atoms with E-state index in [1.807, 2.05) is 34.6 Å². The van der Waals surface area contributed by atoms with Crippen molar-refractivity contribution in [2.75, 3.05) is 0 Å². The highest BCUT2D eigenvalue weighted by Gasteiger charge is 2.27. The molecule has 0 saturated heterocycles. The molecule has 18 heavy (non-hydrogen) atoms. The van der Waals surface area contributed by atoms with Crippen LogP contribution in [0.1, 0.15) is 45.7 Å². The molecule has 0 amide bonds. The van der Waals surface area contributed by atoms with Crippen molar-refractivity contribution >= 4 is 5.57 Å². The Bertz CT molecular complexity index is 536. The second kappa shape index (κ2) is 4.08. The quantitative estimate of drug-likeness (QED) is 0.715. The molecule has 0 N–H and O–H groups in total. The number of halogens is 2. The summed E-state index contributed by atoms with van der Waals surface area (Å²) in [5.41, 5.74) is 2.11. The van der Waals surface area contributed by atoms with Gasteiger partial charge >= 0.3 is 0 Å². The minimum atomic E-state index is -0.549. The molecule has 1 aliphatic rings. The Morgan fingerprint density at radius 2 is 1.78 bits per heavy atom. The van der Waals surface area contributed by atoms with Crippen molar-refractivity contribution in [3.05, 3.63) is 34.4 Å². The van der Waals surface area contributed by atoms with Crippen LogP contribution < -0.4 is 4.74 Å². The summed E-state index contributed by atoms with van der Waals surface area (Å²) in [6.45, 7) is 9.16. The van der Waals surface area contributed by atoms with Crippen molar-refractivity contribution in [2.45, 2.75) is 46.6 Å². The number of hydrogen-bond acceptors (Lipinski definition) is 1. The van der Waals surface area contributed by atoms with Crippen LogP contribution >= 0.6 is 0 Å². The van der Waals surface area contributed by atoms with Gasteiger partial charge in [0.25, 0.3) is 0 Å². The summed E-state index contributed by atoms with van der Waals surface area (Å²) in [7, 11) is 0. The Morgan fingerprint density at radius 1 is 1.17 bits per heavy atom. The van der Waals surface area contributed by atoms with Gasteiger partial charge in [-0.25, -0.2) is 8.78 Å². The number of ether oxygens (including phenoxy) is 1. The zero-order chi connectivity index (χ0) is 13.7. The molecule has 0 aliphatic heterocycles. The lowest BCUT2D eigenvalue weighted by Crippen LogP contribution is -2.24. The van der Waals surface area contributed by atoms with Crippen LogP contribution in [-0.4, -0.2) is 5.60 Å². The van der Waals surface area contributed by atoms with E-state index in [1.165, 1.54) is 0 Å². The molecule has 0 heterocycles. The molecule has 0 bridgehead atoms. The van der Waals surface area contributed by atoms with Gasteiger partial charge in [0.1, 0.15) is 11.4 Å². The van der Waals surface area contributed by atoms with Crippen molar-refractivity contribution < 1.29 is 13.5 Å². The van der Waals surface area contributed by atoms with Crippen LogP contribution in [0.15, 0.2) is 11.6 Å². The predicted molar refractivity (Wildman–Crippen MR) is 68.7 cm³/mol. The summed E-state index contributed by atoms with van der Waals surface area (Å²) in [6.07, 6.45) is 0.486. The third-order valence-corrected chi connectivity index (χ3v) is 3.16. The zero-order valence-electron chi connectivity index (χ0n) is 11.4. The molecule has 3 heteroatoms. The van der Waals surface area contributed by atoms with Crippen LogP contribution in [0.2, 0.25) is 0 Å². The van der Waals surface area contributed by atoms with Crippen LogP contribution in [0.25, 0.3) is 5.57 Å². The van der Waals surface area contributed by atoms with E-state index in [4.69, 9.17) is 4.74 Å². The lowest BCUT2D eigenvalue weighted by molar-refractivity contribution is 0.123. The van der Waals surface area contributed by atoms with Crippen LogP contribution in [-0.2, 0) is 6.42 Å². The molecule has 0 radical (unpaired) electrons. The van der Waals surface area contributed by atoms with Gasteiger partial charge in [0.15, 0.2) is 11.6 Å². The average Bonchev–Trinajstić information content (AvgIpc) is 2.51. The van der Waals surface area contributed by atoms with Gasteiger partial charge < -0.3 is 4.74 Å². The number of rotatable bonds is 1. The number of hydrogen-bond donors (Lipinski definition) is 0. The van der Waals surface area contributed by atoms with E-state index in [1.54, 1.807) is 0 Å². The fourth-order valence-electron chi connectivity index (χ4n) is 2.22. The molecule has 0 fully saturated rings. The Balaban J connectivity index is 2.57. The largest absolute Gasteiger partial charge is 0.485 e. The van der Waals surface area contributed by atoms with Gasteiger partial charge in [-0.05, 0) is 46.6 Å². The second-order valence-electron chi connectivity index (χ2n) is 5.82. The molecule has 0 spiro atoms. The highest BCUT2D eigenvalue weighted by molar-refractivity contribution is 5.76. The Morgan fingerprint density at radius 3 is 2.33 bits per heavy atom. The van der Waals surface area contributed by atoms with Gasteiger partial charge in [0.05, 0.1) is 0 Å². The van der Waals surface area contributed by atoms with Crippen LogP contribution in [0.3, 0.4) is 0 Å². The van der Waals surface area contributed by atoms with Crippen LogP contribution in [0.5, 0.6) is 5.75 Å². The zero-order valence-corrected chi connectivity index (χ0v) is 11.4. The highest BCUT2D eigenvalue weighted by atomic mass is 19.1. The third-order valence-electron chi connectivity index (χ3n) is 3.16. The Labute approximate surface area is 106 Å². The van der Waals surface area contributed by atoms with Gasteiger partial charge in [-0.3, -0.25) is 0 Å². The van der Waals surface area contributed by atoms with Crippen molar-refractivity contribution in [1.29, 1.82) is 0 Å². The fourth-order valence-corrected chi connectivity index (χ4v) is 2.22. The second-order valence-corrected chi connectivity index (χ2v) is 5.82. The van der Waals surface area contributed by atoms with Crippen LogP contribution in [0.4, 0.5) is 8.78 Å². The SMILES string of the molecule is CC1=C(C)c2c(F)c(OC(C)(C)C)cc(F)c2C1. The van der Waals surface area contributed by atoms with Gasteiger partial charge in [0.2, 0.25) is 0 Å². The summed E-state index contributed by atoms with van der Waals surface area (Å²) in [6, 6.07) is 1.16. The third kappa shape index (κ3) is 2.14. The smallest absolute Gasteiger partial charge is 0.173 e. The van der Waals surface area contributed by atoms with Crippen LogP contribution in [0, 0.1) is 11.6 Å². The monoisotopic (exact) mass is 252 g/mol. The standard InChI is InChI=1S/C15H18F2O/c1-8-6-10-11(16)7-12(18-15(3,4)5)14(17)13(10)9(8)2/h7H,6H2,1-5H3. The van der Waals surface area contributed by atoms with Crippen molar-refractivity contribution in [2.24, 2.45) is 0 Å². The molecule has 0 atom stereocenters. The van der Waals surface area contributed by atoms with Gasteiger partial charge in [0, 0.05) is 17.2 Å². The van der Waals surface area contributed by atoms with E-state index in [2.05, 4.69) is 0 Å².